The number of nitrogens with one attached hydrogen (secondary N) is 2. The molecule has 0 saturated heterocycles. The second-order valence-corrected chi connectivity index (χ2v) is 5.78. The maximum absolute atomic E-state index is 13.5. The Labute approximate surface area is 120 Å². The Hall–Kier alpha value is -2.42. The Morgan fingerprint density at radius 3 is 2.71 bits per heavy atom. The number of carbonyl (C=O) groups excluding carboxylic acids is 1. The summed E-state index contributed by atoms with van der Waals surface area (Å²) in [5.74, 6) is -1.27. The normalized spacial score (nSPS) is 11.2. The van der Waals surface area contributed by atoms with Crippen molar-refractivity contribution in [3.8, 4) is 0 Å². The Kier molecular flexibility index (Phi) is 3.94. The molecule has 9 heteroatoms. The summed E-state index contributed by atoms with van der Waals surface area (Å²) in [6.07, 6.45) is 1.16. The number of ether oxygens (including phenoxy) is 1. The summed E-state index contributed by atoms with van der Waals surface area (Å²) >= 11 is 0. The molecular formula is C12H12FN3O4S. The van der Waals surface area contributed by atoms with Crippen LogP contribution in [0, 0.1) is 12.7 Å². The zero-order valence-electron chi connectivity index (χ0n) is 11.2. The molecule has 0 radical (unpaired) electrons. The first-order valence-corrected chi connectivity index (χ1v) is 7.24. The molecule has 0 aliphatic carbocycles. The van der Waals surface area contributed by atoms with Crippen molar-refractivity contribution < 1.29 is 22.3 Å². The van der Waals surface area contributed by atoms with Gasteiger partial charge in [0.15, 0.2) is 5.03 Å². The van der Waals surface area contributed by atoms with Gasteiger partial charge in [-0.2, -0.15) is 8.42 Å². The van der Waals surface area contributed by atoms with E-state index < -0.39 is 21.8 Å². The minimum atomic E-state index is -3.90. The molecule has 2 N–H and O–H groups in total. The fourth-order valence-corrected chi connectivity index (χ4v) is 2.62. The van der Waals surface area contributed by atoms with E-state index in [9.17, 15) is 17.6 Å². The van der Waals surface area contributed by atoms with E-state index in [1.165, 1.54) is 6.07 Å². The van der Waals surface area contributed by atoms with E-state index in [1.807, 2.05) is 0 Å². The fourth-order valence-electron chi connectivity index (χ4n) is 1.60. The van der Waals surface area contributed by atoms with E-state index in [-0.39, 0.29) is 16.3 Å². The third-order valence-corrected chi connectivity index (χ3v) is 3.88. The van der Waals surface area contributed by atoms with Crippen LogP contribution in [0.15, 0.2) is 29.4 Å². The molecule has 2 rings (SSSR count). The molecule has 0 saturated carbocycles. The summed E-state index contributed by atoms with van der Waals surface area (Å²) in [5, 5.41) is -0.135. The van der Waals surface area contributed by atoms with E-state index in [0.717, 1.165) is 25.4 Å². The molecule has 0 fully saturated rings. The Morgan fingerprint density at radius 2 is 2.14 bits per heavy atom. The third-order valence-electron chi connectivity index (χ3n) is 2.59. The van der Waals surface area contributed by atoms with Crippen LogP contribution >= 0.6 is 0 Å². The number of carbonyl (C=O) groups is 1. The molecule has 0 bridgehead atoms. The molecule has 0 unspecified atom stereocenters. The highest BCUT2D eigenvalue weighted by molar-refractivity contribution is 7.92. The standard InChI is InChI=1S/C12H12FN3O4S/c1-7-14-6-11(15-7)21(18,19)16-8-3-4-10(13)9(5-8)12(17)20-2/h3-6,16H,1-2H3,(H,14,15). The number of rotatable bonds is 4. The zero-order chi connectivity index (χ0) is 15.6. The first-order valence-electron chi connectivity index (χ1n) is 5.76. The number of hydrogen-bond acceptors (Lipinski definition) is 5. The van der Waals surface area contributed by atoms with Crippen molar-refractivity contribution in [1.82, 2.24) is 9.97 Å². The lowest BCUT2D eigenvalue weighted by Crippen LogP contribution is -2.14. The molecule has 0 aliphatic rings. The highest BCUT2D eigenvalue weighted by Gasteiger charge is 2.19. The van der Waals surface area contributed by atoms with E-state index in [4.69, 9.17) is 0 Å². The monoisotopic (exact) mass is 313 g/mol. The van der Waals surface area contributed by atoms with Gasteiger partial charge in [-0.1, -0.05) is 0 Å². The minimum absolute atomic E-state index is 0.0315. The number of imidazole rings is 1. The van der Waals surface area contributed by atoms with Gasteiger partial charge in [0.2, 0.25) is 0 Å². The van der Waals surface area contributed by atoms with Gasteiger partial charge in [-0.05, 0) is 25.1 Å². The van der Waals surface area contributed by atoms with Crippen LogP contribution in [0.5, 0.6) is 0 Å². The van der Waals surface area contributed by atoms with Gasteiger partial charge in [-0.3, -0.25) is 4.72 Å². The maximum atomic E-state index is 13.5. The Morgan fingerprint density at radius 1 is 1.43 bits per heavy atom. The number of methoxy groups -OCH3 is 1. The van der Waals surface area contributed by atoms with Crippen LogP contribution < -0.4 is 4.72 Å². The third kappa shape index (κ3) is 3.19. The molecular weight excluding hydrogens is 301 g/mol. The molecule has 21 heavy (non-hydrogen) atoms. The van der Waals surface area contributed by atoms with Crippen molar-refractivity contribution in [3.63, 3.8) is 0 Å². The summed E-state index contributed by atoms with van der Waals surface area (Å²) in [6.45, 7) is 1.60. The number of aromatic amines is 1. The smallest absolute Gasteiger partial charge is 0.340 e. The van der Waals surface area contributed by atoms with Crippen LogP contribution in [-0.4, -0.2) is 31.5 Å². The van der Waals surface area contributed by atoms with Crippen molar-refractivity contribution in [3.05, 3.63) is 41.6 Å². The average Bonchev–Trinajstić information content (AvgIpc) is 2.87. The van der Waals surface area contributed by atoms with Gasteiger partial charge in [0.1, 0.15) is 11.6 Å². The lowest BCUT2D eigenvalue weighted by molar-refractivity contribution is 0.0595. The average molecular weight is 313 g/mol. The van der Waals surface area contributed by atoms with Crippen LogP contribution in [0.25, 0.3) is 0 Å². The number of nitrogens with zero attached hydrogens (tertiary/aromatic N) is 1. The molecule has 112 valence electrons. The van der Waals surface area contributed by atoms with Gasteiger partial charge in [0.05, 0.1) is 18.9 Å². The number of hydrogen-bond donors (Lipinski definition) is 2. The van der Waals surface area contributed by atoms with Crippen LogP contribution in [0.3, 0.4) is 0 Å². The number of benzene rings is 1. The number of esters is 1. The minimum Gasteiger partial charge on any atom is -0.465 e. The second kappa shape index (κ2) is 5.52. The lowest BCUT2D eigenvalue weighted by atomic mass is 10.2. The van der Waals surface area contributed by atoms with Gasteiger partial charge in [-0.15, -0.1) is 0 Å². The molecule has 0 aliphatic heterocycles. The predicted molar refractivity (Wildman–Crippen MR) is 71.9 cm³/mol. The van der Waals surface area contributed by atoms with Crippen molar-refractivity contribution in [2.24, 2.45) is 0 Å². The van der Waals surface area contributed by atoms with Gasteiger partial charge in [-0.25, -0.2) is 14.2 Å². The van der Waals surface area contributed by atoms with Crippen LogP contribution in [0.4, 0.5) is 10.1 Å². The van der Waals surface area contributed by atoms with Gasteiger partial charge < -0.3 is 9.72 Å². The second-order valence-electron chi connectivity index (χ2n) is 4.12. The van der Waals surface area contributed by atoms with Crippen LogP contribution in [0.1, 0.15) is 16.2 Å². The molecule has 1 aromatic carbocycles. The molecule has 1 aromatic heterocycles. The van der Waals surface area contributed by atoms with E-state index in [1.54, 1.807) is 6.92 Å². The first-order chi connectivity index (χ1) is 9.83. The Bertz CT molecular complexity index is 786. The van der Waals surface area contributed by atoms with Gasteiger partial charge in [0, 0.05) is 5.69 Å². The van der Waals surface area contributed by atoms with Gasteiger partial charge in [0.25, 0.3) is 10.0 Å². The summed E-state index contributed by atoms with van der Waals surface area (Å²) in [6, 6.07) is 3.23. The molecule has 0 spiro atoms. The summed E-state index contributed by atoms with van der Waals surface area (Å²) in [4.78, 5) is 17.7. The molecule has 0 atom stereocenters. The maximum Gasteiger partial charge on any atom is 0.340 e. The summed E-state index contributed by atoms with van der Waals surface area (Å²) in [7, 11) is -2.79. The number of halogens is 1. The topological polar surface area (TPSA) is 101 Å². The molecule has 7 nitrogen and oxygen atoms in total. The van der Waals surface area contributed by atoms with Gasteiger partial charge >= 0.3 is 5.97 Å². The number of aryl methyl sites for hydroxylation is 1. The first kappa shape index (κ1) is 15.0. The van der Waals surface area contributed by atoms with E-state index >= 15 is 0 Å². The van der Waals surface area contributed by atoms with Crippen molar-refractivity contribution >= 4 is 21.7 Å². The Balaban J connectivity index is 2.34. The summed E-state index contributed by atoms with van der Waals surface area (Å²) in [5.41, 5.74) is -0.331. The number of H-pyrrole nitrogens is 1. The molecule has 0 amide bonds. The SMILES string of the molecule is COC(=O)c1cc(NS(=O)(=O)c2cnc(C)[nH]2)ccc1F. The van der Waals surface area contributed by atoms with Crippen molar-refractivity contribution in [2.45, 2.75) is 11.9 Å². The lowest BCUT2D eigenvalue weighted by Gasteiger charge is -2.08. The number of anilines is 1. The summed E-state index contributed by atoms with van der Waals surface area (Å²) < 4.78 is 44.2. The highest BCUT2D eigenvalue weighted by Crippen LogP contribution is 2.19. The van der Waals surface area contributed by atoms with Crippen LogP contribution in [-0.2, 0) is 14.8 Å². The highest BCUT2D eigenvalue weighted by atomic mass is 32.2. The number of sulfonamides is 1. The fraction of sp³-hybridized carbons (Fsp3) is 0.167. The van der Waals surface area contributed by atoms with Crippen molar-refractivity contribution in [1.29, 1.82) is 0 Å². The van der Waals surface area contributed by atoms with Crippen molar-refractivity contribution in [2.75, 3.05) is 11.8 Å². The molecule has 1 heterocycles. The van der Waals surface area contributed by atoms with E-state index in [0.29, 0.717) is 5.82 Å². The van der Waals surface area contributed by atoms with Crippen LogP contribution in [0.2, 0.25) is 0 Å². The van der Waals surface area contributed by atoms with E-state index in [2.05, 4.69) is 19.4 Å². The predicted octanol–water partition coefficient (Wildman–Crippen LogP) is 1.44. The quantitative estimate of drug-likeness (QED) is 0.832. The largest absolute Gasteiger partial charge is 0.465 e. The zero-order valence-corrected chi connectivity index (χ0v) is 12.0. The molecule has 2 aromatic rings. The number of aromatic nitrogens is 2.